The molecule has 2 rings (SSSR count). The molecule has 0 amide bonds. The van der Waals surface area contributed by atoms with Crippen molar-refractivity contribution in [1.29, 1.82) is 0 Å². The zero-order chi connectivity index (χ0) is 10.7. The maximum absolute atomic E-state index is 5.20. The van der Waals surface area contributed by atoms with E-state index >= 15 is 0 Å². The van der Waals surface area contributed by atoms with Crippen LogP contribution in [-0.4, -0.2) is 31.9 Å². The Bertz CT molecular complexity index is 337. The van der Waals surface area contributed by atoms with Crippen molar-refractivity contribution in [3.05, 3.63) is 18.3 Å². The molecule has 0 bridgehead atoms. The van der Waals surface area contributed by atoms with E-state index in [0.29, 0.717) is 5.88 Å². The number of methoxy groups -OCH3 is 1. The third-order valence-corrected chi connectivity index (χ3v) is 2.57. The van der Waals surface area contributed by atoms with Crippen molar-refractivity contribution in [3.8, 4) is 5.88 Å². The van der Waals surface area contributed by atoms with Gasteiger partial charge in [-0.1, -0.05) is 6.92 Å². The van der Waals surface area contributed by atoms with Crippen LogP contribution in [0.25, 0.3) is 0 Å². The van der Waals surface area contributed by atoms with Gasteiger partial charge in [0.15, 0.2) is 0 Å². The SMILES string of the molecule is COc1ncccc1NCC1(C)COC1. The summed E-state index contributed by atoms with van der Waals surface area (Å²) in [5.41, 5.74) is 1.19. The minimum Gasteiger partial charge on any atom is -0.480 e. The first-order valence-corrected chi connectivity index (χ1v) is 5.04. The van der Waals surface area contributed by atoms with E-state index < -0.39 is 0 Å². The zero-order valence-electron chi connectivity index (χ0n) is 9.12. The highest BCUT2D eigenvalue weighted by molar-refractivity contribution is 5.52. The van der Waals surface area contributed by atoms with Gasteiger partial charge in [0.25, 0.3) is 0 Å². The number of hydrogen-bond acceptors (Lipinski definition) is 4. The van der Waals surface area contributed by atoms with Crippen LogP contribution in [0.5, 0.6) is 5.88 Å². The summed E-state index contributed by atoms with van der Waals surface area (Å²) in [7, 11) is 1.63. The fourth-order valence-electron chi connectivity index (χ4n) is 1.55. The van der Waals surface area contributed by atoms with Gasteiger partial charge in [-0.15, -0.1) is 0 Å². The van der Waals surface area contributed by atoms with E-state index in [-0.39, 0.29) is 5.41 Å². The first-order chi connectivity index (χ1) is 7.23. The van der Waals surface area contributed by atoms with Crippen LogP contribution in [0.2, 0.25) is 0 Å². The summed E-state index contributed by atoms with van der Waals surface area (Å²) in [5.74, 6) is 0.640. The van der Waals surface area contributed by atoms with Crippen molar-refractivity contribution in [2.24, 2.45) is 5.41 Å². The summed E-state index contributed by atoms with van der Waals surface area (Å²) in [6, 6.07) is 3.86. The molecule has 0 atom stereocenters. The number of hydrogen-bond donors (Lipinski definition) is 1. The van der Waals surface area contributed by atoms with Crippen LogP contribution in [-0.2, 0) is 4.74 Å². The average Bonchev–Trinajstić information content (AvgIpc) is 2.24. The van der Waals surface area contributed by atoms with E-state index in [1.807, 2.05) is 12.1 Å². The summed E-state index contributed by atoms with van der Waals surface area (Å²) in [6.45, 7) is 4.73. The lowest BCUT2D eigenvalue weighted by Gasteiger charge is -2.38. The second kappa shape index (κ2) is 4.06. The molecule has 2 heterocycles. The molecule has 82 valence electrons. The van der Waals surface area contributed by atoms with Gasteiger partial charge in [-0.2, -0.15) is 0 Å². The Morgan fingerprint density at radius 1 is 1.60 bits per heavy atom. The number of pyridine rings is 1. The number of aromatic nitrogens is 1. The fraction of sp³-hybridized carbons (Fsp3) is 0.545. The van der Waals surface area contributed by atoms with Gasteiger partial charge in [-0.05, 0) is 12.1 Å². The highest BCUT2D eigenvalue weighted by Gasteiger charge is 2.33. The Kier molecular flexibility index (Phi) is 2.77. The maximum Gasteiger partial charge on any atom is 0.237 e. The largest absolute Gasteiger partial charge is 0.480 e. The molecule has 1 aromatic heterocycles. The summed E-state index contributed by atoms with van der Waals surface area (Å²) >= 11 is 0. The smallest absolute Gasteiger partial charge is 0.237 e. The Morgan fingerprint density at radius 2 is 2.40 bits per heavy atom. The molecular formula is C11H16N2O2. The van der Waals surface area contributed by atoms with Crippen LogP contribution in [0.4, 0.5) is 5.69 Å². The third-order valence-electron chi connectivity index (χ3n) is 2.57. The van der Waals surface area contributed by atoms with Crippen LogP contribution < -0.4 is 10.1 Å². The van der Waals surface area contributed by atoms with Crippen molar-refractivity contribution in [2.75, 3.05) is 32.2 Å². The van der Waals surface area contributed by atoms with Crippen LogP contribution >= 0.6 is 0 Å². The monoisotopic (exact) mass is 208 g/mol. The number of rotatable bonds is 4. The Morgan fingerprint density at radius 3 is 3.00 bits per heavy atom. The van der Waals surface area contributed by atoms with Gasteiger partial charge >= 0.3 is 0 Å². The topological polar surface area (TPSA) is 43.4 Å². The highest BCUT2D eigenvalue weighted by atomic mass is 16.5. The molecule has 0 spiro atoms. The molecule has 1 aliphatic heterocycles. The molecule has 0 aromatic carbocycles. The fourth-order valence-corrected chi connectivity index (χ4v) is 1.55. The summed E-state index contributed by atoms with van der Waals surface area (Å²) < 4.78 is 10.4. The lowest BCUT2D eigenvalue weighted by atomic mass is 9.89. The Labute approximate surface area is 89.6 Å². The van der Waals surface area contributed by atoms with Gasteiger partial charge in [-0.25, -0.2) is 4.98 Å². The number of anilines is 1. The van der Waals surface area contributed by atoms with E-state index in [0.717, 1.165) is 25.4 Å². The van der Waals surface area contributed by atoms with Gasteiger partial charge in [-0.3, -0.25) is 0 Å². The number of nitrogens with zero attached hydrogens (tertiary/aromatic N) is 1. The van der Waals surface area contributed by atoms with E-state index in [1.165, 1.54) is 0 Å². The molecule has 0 radical (unpaired) electrons. The van der Waals surface area contributed by atoms with Crippen molar-refractivity contribution < 1.29 is 9.47 Å². The molecular weight excluding hydrogens is 192 g/mol. The number of ether oxygens (including phenoxy) is 2. The normalized spacial score (nSPS) is 18.0. The Hall–Kier alpha value is -1.29. The van der Waals surface area contributed by atoms with Crippen LogP contribution in [0.3, 0.4) is 0 Å². The van der Waals surface area contributed by atoms with Crippen LogP contribution in [0.1, 0.15) is 6.92 Å². The first kappa shape index (κ1) is 10.2. The molecule has 1 N–H and O–H groups in total. The molecule has 0 aliphatic carbocycles. The van der Waals surface area contributed by atoms with E-state index in [1.54, 1.807) is 13.3 Å². The van der Waals surface area contributed by atoms with Gasteiger partial charge in [0.2, 0.25) is 5.88 Å². The lowest BCUT2D eigenvalue weighted by Crippen LogP contribution is -2.45. The Balaban J connectivity index is 1.98. The third kappa shape index (κ3) is 2.21. The molecule has 0 saturated carbocycles. The van der Waals surface area contributed by atoms with Crippen LogP contribution in [0, 0.1) is 5.41 Å². The minimum absolute atomic E-state index is 0.251. The van der Waals surface area contributed by atoms with E-state index in [4.69, 9.17) is 9.47 Å². The summed E-state index contributed by atoms with van der Waals surface area (Å²) in [4.78, 5) is 4.13. The molecule has 1 aromatic rings. The summed E-state index contributed by atoms with van der Waals surface area (Å²) in [5, 5.41) is 3.34. The number of nitrogens with one attached hydrogen (secondary N) is 1. The second-order valence-corrected chi connectivity index (χ2v) is 4.22. The standard InChI is InChI=1S/C11H16N2O2/c1-11(7-15-8-11)6-13-9-4-3-5-12-10(9)14-2/h3-5,13H,6-8H2,1-2H3. The predicted octanol–water partition coefficient (Wildman–Crippen LogP) is 1.54. The molecule has 4 nitrogen and oxygen atoms in total. The molecule has 0 unspecified atom stereocenters. The van der Waals surface area contributed by atoms with Gasteiger partial charge in [0.1, 0.15) is 0 Å². The maximum atomic E-state index is 5.20. The van der Waals surface area contributed by atoms with E-state index in [2.05, 4.69) is 17.2 Å². The van der Waals surface area contributed by atoms with Crippen molar-refractivity contribution in [3.63, 3.8) is 0 Å². The minimum atomic E-state index is 0.251. The quantitative estimate of drug-likeness (QED) is 0.815. The van der Waals surface area contributed by atoms with Crippen molar-refractivity contribution >= 4 is 5.69 Å². The first-order valence-electron chi connectivity index (χ1n) is 5.04. The molecule has 15 heavy (non-hydrogen) atoms. The molecule has 4 heteroatoms. The van der Waals surface area contributed by atoms with Crippen LogP contribution in [0.15, 0.2) is 18.3 Å². The summed E-state index contributed by atoms with van der Waals surface area (Å²) in [6.07, 6.45) is 1.72. The second-order valence-electron chi connectivity index (χ2n) is 4.22. The molecule has 1 fully saturated rings. The average molecular weight is 208 g/mol. The zero-order valence-corrected chi connectivity index (χ0v) is 9.12. The highest BCUT2D eigenvalue weighted by Crippen LogP contribution is 2.28. The predicted molar refractivity (Wildman–Crippen MR) is 58.2 cm³/mol. The van der Waals surface area contributed by atoms with Gasteiger partial charge < -0.3 is 14.8 Å². The van der Waals surface area contributed by atoms with E-state index in [9.17, 15) is 0 Å². The van der Waals surface area contributed by atoms with Crippen molar-refractivity contribution in [2.45, 2.75) is 6.92 Å². The molecule has 1 aliphatic rings. The van der Waals surface area contributed by atoms with Gasteiger partial charge in [0.05, 0.1) is 26.0 Å². The van der Waals surface area contributed by atoms with Gasteiger partial charge in [0, 0.05) is 18.2 Å². The molecule has 1 saturated heterocycles. The lowest BCUT2D eigenvalue weighted by molar-refractivity contribution is -0.0924. The van der Waals surface area contributed by atoms with Crippen molar-refractivity contribution in [1.82, 2.24) is 4.98 Å².